The molecule has 0 radical (unpaired) electrons. The molecule has 10 heteroatoms. The number of nitrogens with one attached hydrogen (secondary N) is 1. The molecule has 9 nitrogen and oxygen atoms in total. The molecule has 0 aromatic heterocycles. The van der Waals surface area contributed by atoms with Crippen LogP contribution in [0.4, 0.5) is 5.69 Å². The number of nitrogens with two attached hydrogens (primary N) is 1. The highest BCUT2D eigenvalue weighted by Gasteiger charge is 2.34. The largest absolute Gasteiger partial charge is 0.496 e. The number of para-hydroxylation sites is 2. The van der Waals surface area contributed by atoms with Gasteiger partial charge in [0.05, 0.1) is 18.4 Å². The Kier molecular flexibility index (Phi) is 8.26. The third-order valence-corrected chi connectivity index (χ3v) is 6.61. The highest BCUT2D eigenvalue weighted by atomic mass is 32.1. The Morgan fingerprint density at radius 3 is 2.31 bits per heavy atom. The highest BCUT2D eigenvalue weighted by Crippen LogP contribution is 2.29. The molecule has 42 heavy (non-hydrogen) atoms. The maximum atomic E-state index is 13.5. The second-order valence-electron chi connectivity index (χ2n) is 9.09. The standard InChI is InChI=1S/C32H25N3O6S/c1-39-27-16-11-20(17-21(27)19-40-28-10-6-5-9-25(28)29(33)36)18-26-30(37)34-32(42)35(31(26)38)22-12-14-24(15-13-22)41-23-7-3-2-4-8-23/h2-18H,19H2,1H3,(H2,33,36)(H,34,37,42). The number of amides is 3. The molecule has 0 aliphatic carbocycles. The lowest BCUT2D eigenvalue weighted by Gasteiger charge is -2.29. The molecule has 0 saturated carbocycles. The van der Waals surface area contributed by atoms with Gasteiger partial charge in [-0.05, 0) is 84.5 Å². The van der Waals surface area contributed by atoms with Crippen molar-refractivity contribution in [2.24, 2.45) is 5.73 Å². The summed E-state index contributed by atoms with van der Waals surface area (Å²) in [7, 11) is 1.52. The minimum Gasteiger partial charge on any atom is -0.496 e. The van der Waals surface area contributed by atoms with Gasteiger partial charge in [0, 0.05) is 5.56 Å². The van der Waals surface area contributed by atoms with Gasteiger partial charge in [-0.2, -0.15) is 0 Å². The fraction of sp³-hybridized carbons (Fsp3) is 0.0625. The van der Waals surface area contributed by atoms with Crippen molar-refractivity contribution in [1.29, 1.82) is 0 Å². The van der Waals surface area contributed by atoms with Gasteiger partial charge < -0.3 is 19.9 Å². The van der Waals surface area contributed by atoms with Crippen LogP contribution in [-0.2, 0) is 16.2 Å². The molecule has 1 saturated heterocycles. The first-order valence-electron chi connectivity index (χ1n) is 12.8. The van der Waals surface area contributed by atoms with Crippen LogP contribution in [0.5, 0.6) is 23.0 Å². The third-order valence-electron chi connectivity index (χ3n) is 6.33. The zero-order valence-electron chi connectivity index (χ0n) is 22.4. The van der Waals surface area contributed by atoms with Crippen LogP contribution in [0.25, 0.3) is 6.08 Å². The molecule has 4 aromatic rings. The number of carbonyl (C=O) groups excluding carboxylic acids is 3. The molecular weight excluding hydrogens is 554 g/mol. The fourth-order valence-electron chi connectivity index (χ4n) is 4.30. The maximum absolute atomic E-state index is 13.5. The number of ether oxygens (including phenoxy) is 3. The van der Waals surface area contributed by atoms with E-state index in [1.165, 1.54) is 18.1 Å². The first-order valence-corrected chi connectivity index (χ1v) is 13.2. The Bertz CT molecular complexity index is 1700. The van der Waals surface area contributed by atoms with Crippen molar-refractivity contribution in [2.75, 3.05) is 12.0 Å². The number of benzene rings is 4. The van der Waals surface area contributed by atoms with Crippen LogP contribution >= 0.6 is 12.2 Å². The summed E-state index contributed by atoms with van der Waals surface area (Å²) in [6, 6.07) is 27.9. The van der Waals surface area contributed by atoms with Crippen LogP contribution in [0, 0.1) is 0 Å². The van der Waals surface area contributed by atoms with Crippen molar-refractivity contribution < 1.29 is 28.6 Å². The van der Waals surface area contributed by atoms with Gasteiger partial charge in [0.2, 0.25) is 0 Å². The monoisotopic (exact) mass is 579 g/mol. The molecule has 210 valence electrons. The van der Waals surface area contributed by atoms with Crippen molar-refractivity contribution in [3.8, 4) is 23.0 Å². The highest BCUT2D eigenvalue weighted by molar-refractivity contribution is 7.80. The lowest BCUT2D eigenvalue weighted by molar-refractivity contribution is -0.122. The van der Waals surface area contributed by atoms with E-state index in [2.05, 4.69) is 5.32 Å². The predicted molar refractivity (Wildman–Crippen MR) is 161 cm³/mol. The normalized spacial score (nSPS) is 14.0. The zero-order valence-corrected chi connectivity index (χ0v) is 23.2. The topological polar surface area (TPSA) is 120 Å². The second kappa shape index (κ2) is 12.4. The molecule has 1 heterocycles. The minimum absolute atomic E-state index is 0.0317. The van der Waals surface area contributed by atoms with Crippen LogP contribution < -0.4 is 30.2 Å². The zero-order chi connectivity index (χ0) is 29.6. The molecule has 0 atom stereocenters. The summed E-state index contributed by atoms with van der Waals surface area (Å²) in [6.45, 7) is 0.0399. The molecule has 1 fully saturated rings. The number of primary amides is 1. The number of rotatable bonds is 9. The van der Waals surface area contributed by atoms with Crippen molar-refractivity contribution in [3.63, 3.8) is 0 Å². The lowest BCUT2D eigenvalue weighted by Crippen LogP contribution is -2.54. The average molecular weight is 580 g/mol. The Morgan fingerprint density at radius 1 is 0.905 bits per heavy atom. The molecule has 1 aliphatic rings. The van der Waals surface area contributed by atoms with Crippen molar-refractivity contribution in [3.05, 3.63) is 119 Å². The maximum Gasteiger partial charge on any atom is 0.270 e. The summed E-state index contributed by atoms with van der Waals surface area (Å²) >= 11 is 5.33. The van der Waals surface area contributed by atoms with Crippen molar-refractivity contribution >= 4 is 46.8 Å². The Labute approximate surface area is 247 Å². The smallest absolute Gasteiger partial charge is 0.270 e. The van der Waals surface area contributed by atoms with E-state index in [1.807, 2.05) is 30.3 Å². The number of hydrogen-bond donors (Lipinski definition) is 2. The molecule has 3 N–H and O–H groups in total. The lowest BCUT2D eigenvalue weighted by atomic mass is 10.0. The summed E-state index contributed by atoms with van der Waals surface area (Å²) in [5.41, 5.74) is 7.23. The minimum atomic E-state index is -0.616. The van der Waals surface area contributed by atoms with E-state index in [0.717, 1.165) is 0 Å². The van der Waals surface area contributed by atoms with Gasteiger partial charge in [-0.15, -0.1) is 0 Å². The summed E-state index contributed by atoms with van der Waals surface area (Å²) < 4.78 is 17.2. The van der Waals surface area contributed by atoms with Crippen LogP contribution in [0.2, 0.25) is 0 Å². The van der Waals surface area contributed by atoms with Gasteiger partial charge >= 0.3 is 0 Å². The summed E-state index contributed by atoms with van der Waals surface area (Å²) in [5, 5.41) is 2.56. The van der Waals surface area contributed by atoms with E-state index in [1.54, 1.807) is 66.7 Å². The average Bonchev–Trinajstić information content (AvgIpc) is 2.99. The molecule has 0 bridgehead atoms. The SMILES string of the molecule is COc1ccc(C=C2C(=O)NC(=S)N(c3ccc(Oc4ccccc4)cc3)C2=O)cc1COc1ccccc1C(N)=O. The summed E-state index contributed by atoms with van der Waals surface area (Å²) in [5.74, 6) is 0.286. The van der Waals surface area contributed by atoms with Gasteiger partial charge in [-0.25, -0.2) is 0 Å². The Hall–Kier alpha value is -5.48. The first kappa shape index (κ1) is 28.1. The van der Waals surface area contributed by atoms with E-state index < -0.39 is 17.7 Å². The predicted octanol–water partition coefficient (Wildman–Crippen LogP) is 5.00. The molecule has 1 aliphatic heterocycles. The van der Waals surface area contributed by atoms with Crippen molar-refractivity contribution in [1.82, 2.24) is 5.32 Å². The van der Waals surface area contributed by atoms with Crippen LogP contribution in [0.3, 0.4) is 0 Å². The second-order valence-corrected chi connectivity index (χ2v) is 9.47. The van der Waals surface area contributed by atoms with Crippen LogP contribution in [0.15, 0.2) is 103 Å². The number of carbonyl (C=O) groups is 3. The van der Waals surface area contributed by atoms with Gasteiger partial charge in [-0.3, -0.25) is 24.6 Å². The van der Waals surface area contributed by atoms with Crippen molar-refractivity contribution in [2.45, 2.75) is 6.61 Å². The number of nitrogens with zero attached hydrogens (tertiary/aromatic N) is 1. The van der Waals surface area contributed by atoms with Crippen LogP contribution in [0.1, 0.15) is 21.5 Å². The molecule has 5 rings (SSSR count). The molecule has 4 aromatic carbocycles. The third kappa shape index (κ3) is 6.13. The quantitative estimate of drug-likeness (QED) is 0.163. The van der Waals surface area contributed by atoms with Gasteiger partial charge in [0.1, 0.15) is 35.2 Å². The number of methoxy groups -OCH3 is 1. The van der Waals surface area contributed by atoms with Gasteiger partial charge in [0.25, 0.3) is 17.7 Å². The Morgan fingerprint density at radius 2 is 1.60 bits per heavy atom. The summed E-state index contributed by atoms with van der Waals surface area (Å²) in [4.78, 5) is 39.4. The van der Waals surface area contributed by atoms with E-state index >= 15 is 0 Å². The number of anilines is 1. The first-order chi connectivity index (χ1) is 20.3. The van der Waals surface area contributed by atoms with E-state index in [0.29, 0.717) is 39.8 Å². The van der Waals surface area contributed by atoms with E-state index in [9.17, 15) is 14.4 Å². The molecule has 0 unspecified atom stereocenters. The Balaban J connectivity index is 1.38. The molecular formula is C32H25N3O6S. The van der Waals surface area contributed by atoms with Crippen LogP contribution in [-0.4, -0.2) is 29.9 Å². The fourth-order valence-corrected chi connectivity index (χ4v) is 4.58. The number of hydrogen-bond acceptors (Lipinski definition) is 7. The molecule has 0 spiro atoms. The van der Waals surface area contributed by atoms with Gasteiger partial charge in [-0.1, -0.05) is 36.4 Å². The van der Waals surface area contributed by atoms with Gasteiger partial charge in [0.15, 0.2) is 5.11 Å². The summed E-state index contributed by atoms with van der Waals surface area (Å²) in [6.07, 6.45) is 1.47. The number of thiocarbonyl (C=S) groups is 1. The van der Waals surface area contributed by atoms with E-state index in [-0.39, 0.29) is 22.9 Å². The van der Waals surface area contributed by atoms with E-state index in [4.69, 9.17) is 32.2 Å². The molecule has 3 amide bonds.